The van der Waals surface area contributed by atoms with Gasteiger partial charge in [-0.1, -0.05) is 6.92 Å². The van der Waals surface area contributed by atoms with Gasteiger partial charge in [0.25, 0.3) is 0 Å². The molecule has 0 saturated carbocycles. The minimum Gasteiger partial charge on any atom is -0.376 e. The third kappa shape index (κ3) is 11.1. The van der Waals surface area contributed by atoms with E-state index in [1.807, 2.05) is 44.2 Å². The van der Waals surface area contributed by atoms with Gasteiger partial charge in [-0.05, 0) is 25.5 Å². The fourth-order valence-electron chi connectivity index (χ4n) is 0.901. The minimum atomic E-state index is 0. The van der Waals surface area contributed by atoms with Gasteiger partial charge in [-0.3, -0.25) is 4.98 Å². The molecule has 102 valence electrons. The average Bonchev–Trinajstić information content (AvgIpc) is 2.37. The molecule has 5 heteroatoms. The van der Waals surface area contributed by atoms with Crippen LogP contribution in [-0.2, 0) is 0 Å². The number of aromatic nitrogens is 1. The lowest BCUT2D eigenvalue weighted by molar-refractivity contribution is 0.935. The van der Waals surface area contributed by atoms with E-state index in [1.165, 1.54) is 0 Å². The highest BCUT2D eigenvalue weighted by Crippen LogP contribution is 2.05. The minimum absolute atomic E-state index is 0. The number of hydrogen-bond acceptors (Lipinski definition) is 4. The van der Waals surface area contributed by atoms with Crippen molar-refractivity contribution in [2.24, 2.45) is 9.98 Å². The zero-order valence-corrected chi connectivity index (χ0v) is 12.4. The summed E-state index contributed by atoms with van der Waals surface area (Å²) < 4.78 is 0. The largest absolute Gasteiger partial charge is 0.376 e. The molecule has 1 heterocycles. The van der Waals surface area contributed by atoms with Gasteiger partial charge in [0.15, 0.2) is 0 Å². The Kier molecular flexibility index (Phi) is 14.4. The van der Waals surface area contributed by atoms with Crippen LogP contribution in [0.1, 0.15) is 20.3 Å². The molecule has 0 atom stereocenters. The van der Waals surface area contributed by atoms with Crippen molar-refractivity contribution in [1.29, 1.82) is 0 Å². The van der Waals surface area contributed by atoms with E-state index in [2.05, 4.69) is 27.9 Å². The van der Waals surface area contributed by atoms with Gasteiger partial charge in [-0.2, -0.15) is 0 Å². The van der Waals surface area contributed by atoms with Crippen LogP contribution in [-0.4, -0.2) is 38.2 Å². The first kappa shape index (κ1) is 19.0. The topological polar surface area (TPSA) is 40.9 Å². The van der Waals surface area contributed by atoms with Gasteiger partial charge in [-0.25, -0.2) is 9.98 Å². The van der Waals surface area contributed by atoms with Crippen LogP contribution in [0.15, 0.2) is 34.5 Å². The summed E-state index contributed by atoms with van der Waals surface area (Å²) in [6, 6.07) is 6.53. The highest BCUT2D eigenvalue weighted by atomic mass is 35.5. The van der Waals surface area contributed by atoms with E-state index in [-0.39, 0.29) is 12.4 Å². The molecule has 1 aromatic rings. The average molecular weight is 271 g/mol. The standard InChI is InChI=1S/C7H10N2.C6H12N2.ClH/c1-9(2)7-4-3-5-8-6-7;1-3-5-8-6-7-4-2;/h3-6H,1-2H3;3-5H2,1-2H3;1H. The predicted molar refractivity (Wildman–Crippen MR) is 81.4 cm³/mol. The van der Waals surface area contributed by atoms with E-state index in [4.69, 9.17) is 0 Å². The Morgan fingerprint density at radius 2 is 2.00 bits per heavy atom. The second-order valence-electron chi connectivity index (χ2n) is 3.56. The zero-order valence-electron chi connectivity index (χ0n) is 11.6. The van der Waals surface area contributed by atoms with Gasteiger partial charge in [0.2, 0.25) is 0 Å². The first-order chi connectivity index (χ1) is 8.22. The number of halogens is 1. The van der Waals surface area contributed by atoms with Crippen LogP contribution in [0.25, 0.3) is 0 Å². The highest BCUT2D eigenvalue weighted by molar-refractivity contribution is 5.85. The first-order valence-electron chi connectivity index (χ1n) is 5.87. The van der Waals surface area contributed by atoms with Crippen LogP contribution in [0.3, 0.4) is 0 Å². The van der Waals surface area contributed by atoms with Crippen LogP contribution in [0.2, 0.25) is 0 Å². The van der Waals surface area contributed by atoms with Crippen molar-refractivity contribution >= 4 is 24.1 Å². The number of anilines is 1. The summed E-state index contributed by atoms with van der Waals surface area (Å²) in [6.45, 7) is 5.68. The van der Waals surface area contributed by atoms with Gasteiger partial charge in [0.05, 0.1) is 17.9 Å². The molecule has 1 rings (SSSR count). The monoisotopic (exact) mass is 270 g/mol. The van der Waals surface area contributed by atoms with Crippen molar-refractivity contribution in [2.75, 3.05) is 32.1 Å². The fraction of sp³-hybridized carbons (Fsp3) is 0.538. The first-order valence-corrected chi connectivity index (χ1v) is 5.87. The summed E-state index contributed by atoms with van der Waals surface area (Å²) in [6.07, 6.45) is 4.68. The molecular formula is C13H23ClN4. The van der Waals surface area contributed by atoms with Gasteiger partial charge in [0.1, 0.15) is 0 Å². The lowest BCUT2D eigenvalue weighted by Crippen LogP contribution is -2.08. The Balaban J connectivity index is 0. The Bertz CT molecular complexity index is 332. The Labute approximate surface area is 116 Å². The van der Waals surface area contributed by atoms with Crippen molar-refractivity contribution in [3.05, 3.63) is 24.5 Å². The highest BCUT2D eigenvalue weighted by Gasteiger charge is 1.88. The fourth-order valence-corrected chi connectivity index (χ4v) is 0.901. The molecule has 0 saturated heterocycles. The van der Waals surface area contributed by atoms with Crippen molar-refractivity contribution in [2.45, 2.75) is 20.3 Å². The van der Waals surface area contributed by atoms with Crippen molar-refractivity contribution in [3.63, 3.8) is 0 Å². The Morgan fingerprint density at radius 3 is 2.39 bits per heavy atom. The van der Waals surface area contributed by atoms with Crippen molar-refractivity contribution < 1.29 is 0 Å². The summed E-state index contributed by atoms with van der Waals surface area (Å²) in [5, 5.41) is 0. The molecule has 0 bridgehead atoms. The molecule has 0 fully saturated rings. The molecule has 0 aliphatic rings. The number of hydrogen-bond donors (Lipinski definition) is 0. The lowest BCUT2D eigenvalue weighted by atomic mass is 10.4. The molecular weight excluding hydrogens is 248 g/mol. The third-order valence-corrected chi connectivity index (χ3v) is 1.80. The third-order valence-electron chi connectivity index (χ3n) is 1.80. The Hall–Kier alpha value is -1.38. The summed E-state index contributed by atoms with van der Waals surface area (Å²) in [4.78, 5) is 13.6. The Morgan fingerprint density at radius 1 is 1.28 bits per heavy atom. The second kappa shape index (κ2) is 13.7. The molecule has 0 amide bonds. The summed E-state index contributed by atoms with van der Waals surface area (Å²) in [7, 11) is 3.99. The van der Waals surface area contributed by atoms with Gasteiger partial charge in [-0.15, -0.1) is 12.4 Å². The summed E-state index contributed by atoms with van der Waals surface area (Å²) in [5.74, 6) is 0. The molecule has 0 N–H and O–H groups in total. The molecule has 18 heavy (non-hydrogen) atoms. The van der Waals surface area contributed by atoms with Crippen LogP contribution < -0.4 is 4.90 Å². The molecule has 0 aliphatic heterocycles. The van der Waals surface area contributed by atoms with Gasteiger partial charge < -0.3 is 4.90 Å². The molecule has 1 aromatic heterocycles. The van der Waals surface area contributed by atoms with E-state index in [0.717, 1.165) is 25.2 Å². The van der Waals surface area contributed by atoms with E-state index in [1.54, 1.807) is 6.20 Å². The molecule has 0 aromatic carbocycles. The smallest absolute Gasteiger partial charge is 0.0892 e. The number of aliphatic imine (C=N–C) groups is 2. The van der Waals surface area contributed by atoms with Crippen LogP contribution in [0.5, 0.6) is 0 Å². The maximum atomic E-state index is 3.96. The molecule has 0 aliphatic carbocycles. The van der Waals surface area contributed by atoms with Gasteiger partial charge in [0, 0.05) is 33.4 Å². The SMILES string of the molecule is CCCN=C=NCC.CN(C)c1cccnc1.Cl. The van der Waals surface area contributed by atoms with E-state index < -0.39 is 0 Å². The number of rotatable bonds is 4. The number of nitrogens with zero attached hydrogens (tertiary/aromatic N) is 4. The maximum absolute atomic E-state index is 3.96. The normalized spacial score (nSPS) is 8.00. The molecule has 0 spiro atoms. The van der Waals surface area contributed by atoms with Crippen molar-refractivity contribution in [3.8, 4) is 0 Å². The predicted octanol–water partition coefficient (Wildman–Crippen LogP) is 3.16. The number of pyridine rings is 1. The van der Waals surface area contributed by atoms with Gasteiger partial charge >= 0.3 is 0 Å². The van der Waals surface area contributed by atoms with Crippen LogP contribution in [0, 0.1) is 0 Å². The second-order valence-corrected chi connectivity index (χ2v) is 3.56. The quantitative estimate of drug-likeness (QED) is 0.789. The molecule has 4 nitrogen and oxygen atoms in total. The van der Waals surface area contributed by atoms with Crippen LogP contribution in [0.4, 0.5) is 5.69 Å². The molecule has 0 unspecified atom stereocenters. The van der Waals surface area contributed by atoms with E-state index in [9.17, 15) is 0 Å². The van der Waals surface area contributed by atoms with E-state index >= 15 is 0 Å². The van der Waals surface area contributed by atoms with E-state index in [0.29, 0.717) is 0 Å². The summed E-state index contributed by atoms with van der Waals surface area (Å²) >= 11 is 0. The molecule has 0 radical (unpaired) electrons. The van der Waals surface area contributed by atoms with Crippen LogP contribution >= 0.6 is 12.4 Å². The summed E-state index contributed by atoms with van der Waals surface area (Å²) in [5.41, 5.74) is 1.14. The van der Waals surface area contributed by atoms with Crippen molar-refractivity contribution in [1.82, 2.24) is 4.98 Å². The lowest BCUT2D eigenvalue weighted by Gasteiger charge is -2.09. The maximum Gasteiger partial charge on any atom is 0.0892 e. The zero-order chi connectivity index (χ0) is 12.9.